The quantitative estimate of drug-likeness (QED) is 0.847. The third-order valence-corrected chi connectivity index (χ3v) is 3.88. The minimum Gasteiger partial charge on any atom is -0.300 e. The van der Waals surface area contributed by atoms with E-state index in [0.29, 0.717) is 12.5 Å². The molecular formula is C15H21BrN4. The molecule has 4 nitrogen and oxygen atoms in total. The second kappa shape index (κ2) is 6.50. The van der Waals surface area contributed by atoms with Crippen molar-refractivity contribution in [2.24, 2.45) is 5.92 Å². The molecule has 0 bridgehead atoms. The van der Waals surface area contributed by atoms with Gasteiger partial charge in [-0.2, -0.15) is 5.10 Å². The molecule has 0 spiro atoms. The number of rotatable bonds is 6. The minimum absolute atomic E-state index is 0.0925. The van der Waals surface area contributed by atoms with Crippen LogP contribution in [0.1, 0.15) is 38.6 Å². The number of nitrogens with one attached hydrogen (secondary N) is 2. The molecule has 0 radical (unpaired) electrons. The average Bonchev–Trinajstić information content (AvgIpc) is 2.89. The van der Waals surface area contributed by atoms with Crippen molar-refractivity contribution >= 4 is 15.9 Å². The number of H-pyrrole nitrogens is 1. The number of aromatic nitrogens is 3. The summed E-state index contributed by atoms with van der Waals surface area (Å²) < 4.78 is 1.10. The SMILES string of the molecule is CC(C)CC(C)(NCc1ncn[nH]1)c1cccc(Br)c1. The highest BCUT2D eigenvalue weighted by atomic mass is 79.9. The highest BCUT2D eigenvalue weighted by molar-refractivity contribution is 9.10. The summed E-state index contributed by atoms with van der Waals surface area (Å²) in [6.45, 7) is 7.40. The molecule has 2 aromatic rings. The van der Waals surface area contributed by atoms with E-state index in [1.165, 1.54) is 11.9 Å². The van der Waals surface area contributed by atoms with E-state index in [1.807, 2.05) is 0 Å². The molecule has 0 aliphatic heterocycles. The van der Waals surface area contributed by atoms with Crippen molar-refractivity contribution in [2.45, 2.75) is 39.3 Å². The highest BCUT2D eigenvalue weighted by Crippen LogP contribution is 2.30. The zero-order valence-electron chi connectivity index (χ0n) is 12.2. The van der Waals surface area contributed by atoms with Gasteiger partial charge in [-0.15, -0.1) is 0 Å². The van der Waals surface area contributed by atoms with Crippen LogP contribution in [0.3, 0.4) is 0 Å². The summed E-state index contributed by atoms with van der Waals surface area (Å²) in [7, 11) is 0. The van der Waals surface area contributed by atoms with E-state index in [9.17, 15) is 0 Å². The normalized spacial score (nSPS) is 14.4. The van der Waals surface area contributed by atoms with Crippen LogP contribution in [-0.4, -0.2) is 15.2 Å². The van der Waals surface area contributed by atoms with Crippen LogP contribution < -0.4 is 5.32 Å². The van der Waals surface area contributed by atoms with Gasteiger partial charge in [0.15, 0.2) is 0 Å². The van der Waals surface area contributed by atoms with Crippen LogP contribution in [0, 0.1) is 5.92 Å². The lowest BCUT2D eigenvalue weighted by molar-refractivity contribution is 0.292. The first-order valence-corrected chi connectivity index (χ1v) is 7.64. The number of halogens is 1. The third-order valence-electron chi connectivity index (χ3n) is 3.39. The molecule has 0 saturated carbocycles. The van der Waals surface area contributed by atoms with Gasteiger partial charge in [-0.3, -0.25) is 5.10 Å². The summed E-state index contributed by atoms with van der Waals surface area (Å²) in [6, 6.07) is 8.47. The molecule has 20 heavy (non-hydrogen) atoms. The molecule has 2 rings (SSSR count). The van der Waals surface area contributed by atoms with Crippen molar-refractivity contribution in [3.63, 3.8) is 0 Å². The molecule has 0 aliphatic carbocycles. The summed E-state index contributed by atoms with van der Waals surface area (Å²) in [6.07, 6.45) is 2.59. The largest absolute Gasteiger partial charge is 0.300 e. The lowest BCUT2D eigenvalue weighted by atomic mass is 9.84. The molecule has 1 unspecified atom stereocenters. The Bertz CT molecular complexity index is 539. The Morgan fingerprint density at radius 2 is 2.20 bits per heavy atom. The van der Waals surface area contributed by atoms with Crippen LogP contribution >= 0.6 is 15.9 Å². The van der Waals surface area contributed by atoms with Gasteiger partial charge in [0.2, 0.25) is 0 Å². The number of benzene rings is 1. The van der Waals surface area contributed by atoms with E-state index >= 15 is 0 Å². The number of hydrogen-bond donors (Lipinski definition) is 2. The predicted molar refractivity (Wildman–Crippen MR) is 84.2 cm³/mol. The second-order valence-electron chi connectivity index (χ2n) is 5.73. The first-order chi connectivity index (χ1) is 9.49. The standard InChI is InChI=1S/C15H21BrN4/c1-11(2)8-15(3,12-5-4-6-13(16)7-12)18-9-14-17-10-19-20-14/h4-7,10-11,18H,8-9H2,1-3H3,(H,17,19,20). The van der Waals surface area contributed by atoms with Crippen LogP contribution in [0.2, 0.25) is 0 Å². The van der Waals surface area contributed by atoms with Crippen LogP contribution in [0.4, 0.5) is 0 Å². The Kier molecular flexibility index (Phi) is 4.94. The highest BCUT2D eigenvalue weighted by Gasteiger charge is 2.27. The Morgan fingerprint density at radius 3 is 2.80 bits per heavy atom. The maximum atomic E-state index is 4.17. The van der Waals surface area contributed by atoms with E-state index in [4.69, 9.17) is 0 Å². The Hall–Kier alpha value is -1.20. The van der Waals surface area contributed by atoms with E-state index < -0.39 is 0 Å². The summed E-state index contributed by atoms with van der Waals surface area (Å²) in [5.41, 5.74) is 1.19. The maximum absolute atomic E-state index is 4.17. The zero-order valence-corrected chi connectivity index (χ0v) is 13.7. The van der Waals surface area contributed by atoms with Gasteiger partial charge in [-0.05, 0) is 37.0 Å². The van der Waals surface area contributed by atoms with E-state index in [0.717, 1.165) is 16.7 Å². The van der Waals surface area contributed by atoms with Crippen LogP contribution in [0.15, 0.2) is 35.1 Å². The number of hydrogen-bond acceptors (Lipinski definition) is 3. The maximum Gasteiger partial charge on any atom is 0.138 e. The lowest BCUT2D eigenvalue weighted by Crippen LogP contribution is -2.40. The summed E-state index contributed by atoms with van der Waals surface area (Å²) in [5, 5.41) is 10.4. The van der Waals surface area contributed by atoms with Crippen molar-refractivity contribution in [1.29, 1.82) is 0 Å². The van der Waals surface area contributed by atoms with Crippen molar-refractivity contribution in [3.8, 4) is 0 Å². The van der Waals surface area contributed by atoms with Crippen molar-refractivity contribution in [2.75, 3.05) is 0 Å². The molecule has 0 saturated heterocycles. The molecule has 2 N–H and O–H groups in total. The Labute approximate surface area is 128 Å². The van der Waals surface area contributed by atoms with Crippen LogP contribution in [-0.2, 0) is 12.1 Å². The molecule has 108 valence electrons. The van der Waals surface area contributed by atoms with Gasteiger partial charge in [0, 0.05) is 10.0 Å². The van der Waals surface area contributed by atoms with Crippen molar-refractivity contribution < 1.29 is 0 Å². The number of aromatic amines is 1. The van der Waals surface area contributed by atoms with Gasteiger partial charge in [0.05, 0.1) is 6.54 Å². The fourth-order valence-corrected chi connectivity index (χ4v) is 2.93. The van der Waals surface area contributed by atoms with Gasteiger partial charge in [0.25, 0.3) is 0 Å². The topological polar surface area (TPSA) is 53.6 Å². The summed E-state index contributed by atoms with van der Waals surface area (Å²) in [4.78, 5) is 4.17. The smallest absolute Gasteiger partial charge is 0.138 e. The third kappa shape index (κ3) is 3.90. The van der Waals surface area contributed by atoms with E-state index in [1.54, 1.807) is 0 Å². The second-order valence-corrected chi connectivity index (χ2v) is 6.64. The van der Waals surface area contributed by atoms with Gasteiger partial charge in [-0.25, -0.2) is 4.98 Å². The fraction of sp³-hybridized carbons (Fsp3) is 0.467. The molecular weight excluding hydrogens is 316 g/mol. The van der Waals surface area contributed by atoms with E-state index in [2.05, 4.69) is 81.5 Å². The molecule has 1 aromatic carbocycles. The molecule has 1 atom stereocenters. The molecule has 0 aliphatic rings. The van der Waals surface area contributed by atoms with Crippen LogP contribution in [0.5, 0.6) is 0 Å². The Balaban J connectivity index is 2.20. The summed E-state index contributed by atoms with van der Waals surface area (Å²) in [5.74, 6) is 1.45. The van der Waals surface area contributed by atoms with E-state index in [-0.39, 0.29) is 5.54 Å². The molecule has 5 heteroatoms. The number of nitrogens with zero attached hydrogens (tertiary/aromatic N) is 2. The van der Waals surface area contributed by atoms with Gasteiger partial charge < -0.3 is 5.32 Å². The van der Waals surface area contributed by atoms with Crippen molar-refractivity contribution in [3.05, 3.63) is 46.5 Å². The first kappa shape index (κ1) is 15.2. The monoisotopic (exact) mass is 336 g/mol. The Morgan fingerprint density at radius 1 is 1.40 bits per heavy atom. The zero-order chi connectivity index (χ0) is 14.6. The minimum atomic E-state index is -0.0925. The molecule has 1 aromatic heterocycles. The summed E-state index contributed by atoms with van der Waals surface area (Å²) >= 11 is 3.55. The lowest BCUT2D eigenvalue weighted by Gasteiger charge is -2.33. The van der Waals surface area contributed by atoms with Gasteiger partial charge in [0.1, 0.15) is 12.2 Å². The molecule has 0 fully saturated rings. The molecule has 0 amide bonds. The van der Waals surface area contributed by atoms with Crippen molar-refractivity contribution in [1.82, 2.24) is 20.5 Å². The molecule has 1 heterocycles. The average molecular weight is 337 g/mol. The van der Waals surface area contributed by atoms with Gasteiger partial charge >= 0.3 is 0 Å². The first-order valence-electron chi connectivity index (χ1n) is 6.85. The fourth-order valence-electron chi connectivity index (χ4n) is 2.54. The van der Waals surface area contributed by atoms with Gasteiger partial charge in [-0.1, -0.05) is 41.9 Å². The van der Waals surface area contributed by atoms with Crippen LogP contribution in [0.25, 0.3) is 0 Å². The predicted octanol–water partition coefficient (Wildman–Crippen LogP) is 3.62.